The number of nitrogens with zero attached hydrogens (tertiary/aromatic N) is 1. The second-order valence-electron chi connectivity index (χ2n) is 6.34. The predicted molar refractivity (Wildman–Crippen MR) is 78.5 cm³/mol. The lowest BCUT2D eigenvalue weighted by atomic mass is 9.78. The fourth-order valence-electron chi connectivity index (χ4n) is 2.79. The van der Waals surface area contributed by atoms with Gasteiger partial charge < -0.3 is 29.2 Å². The third-order valence-electron chi connectivity index (χ3n) is 3.89. The Kier molecular flexibility index (Phi) is 3.45. The zero-order valence-corrected chi connectivity index (χ0v) is 12.7. The maximum Gasteiger partial charge on any atom is 0.496 e. The van der Waals surface area contributed by atoms with E-state index in [1.165, 1.54) is 4.90 Å². The molecule has 2 N–H and O–H groups in total. The molecule has 0 bridgehead atoms. The molecule has 0 aromatic heterocycles. The number of carbonyl (C=O) groups is 1. The fraction of sp³-hybridized carbons (Fsp3) is 0.500. The third kappa shape index (κ3) is 2.38. The minimum absolute atomic E-state index is 0.104. The normalized spacial score (nSPS) is 19.3. The Labute approximate surface area is 128 Å². The molecule has 1 amide bonds. The standard InChI is InChI=1S/C14H18BNO6/c1-14(2,3)16(13(17)18)6-10-8-4-5-9-12(21-7-20-9)11(8)15(19)22-10/h4-5,10,19H,6-7H2,1-3H3,(H,17,18). The second kappa shape index (κ2) is 5.07. The molecule has 7 nitrogen and oxygen atoms in total. The Morgan fingerprint density at radius 3 is 2.77 bits per heavy atom. The van der Waals surface area contributed by atoms with Gasteiger partial charge in [0.05, 0.1) is 12.6 Å². The predicted octanol–water partition coefficient (Wildman–Crippen LogP) is 0.953. The molecule has 1 unspecified atom stereocenters. The first-order valence-electron chi connectivity index (χ1n) is 7.05. The number of hydrogen-bond acceptors (Lipinski definition) is 5. The lowest BCUT2D eigenvalue weighted by Gasteiger charge is -2.35. The fourth-order valence-corrected chi connectivity index (χ4v) is 2.79. The highest BCUT2D eigenvalue weighted by molar-refractivity contribution is 6.63. The van der Waals surface area contributed by atoms with Crippen molar-refractivity contribution in [3.63, 3.8) is 0 Å². The quantitative estimate of drug-likeness (QED) is 0.791. The zero-order chi connectivity index (χ0) is 16.1. The third-order valence-corrected chi connectivity index (χ3v) is 3.89. The molecule has 2 heterocycles. The van der Waals surface area contributed by atoms with Crippen LogP contribution in [0.1, 0.15) is 32.4 Å². The van der Waals surface area contributed by atoms with Crippen molar-refractivity contribution in [3.05, 3.63) is 17.7 Å². The van der Waals surface area contributed by atoms with Gasteiger partial charge in [0.2, 0.25) is 6.79 Å². The Balaban J connectivity index is 1.92. The molecule has 2 aliphatic heterocycles. The van der Waals surface area contributed by atoms with Gasteiger partial charge in [-0.1, -0.05) is 6.07 Å². The summed E-state index contributed by atoms with van der Waals surface area (Å²) in [5, 5.41) is 19.5. The van der Waals surface area contributed by atoms with Crippen LogP contribution < -0.4 is 14.9 Å². The zero-order valence-electron chi connectivity index (χ0n) is 12.7. The van der Waals surface area contributed by atoms with Gasteiger partial charge in [-0.3, -0.25) is 0 Å². The average molecular weight is 307 g/mol. The van der Waals surface area contributed by atoms with E-state index in [1.807, 2.05) is 20.8 Å². The number of amides is 1. The molecule has 8 heteroatoms. The number of hydrogen-bond donors (Lipinski definition) is 2. The smallest absolute Gasteiger partial charge is 0.465 e. The Bertz CT molecular complexity index is 614. The number of benzene rings is 1. The van der Waals surface area contributed by atoms with Crippen LogP contribution in [-0.4, -0.2) is 47.1 Å². The molecule has 0 radical (unpaired) electrons. The van der Waals surface area contributed by atoms with Crippen LogP contribution in [-0.2, 0) is 4.65 Å². The molecule has 22 heavy (non-hydrogen) atoms. The minimum Gasteiger partial charge on any atom is -0.465 e. The topological polar surface area (TPSA) is 88.5 Å². The summed E-state index contributed by atoms with van der Waals surface area (Å²) in [6, 6.07) is 3.53. The monoisotopic (exact) mass is 307 g/mol. The van der Waals surface area contributed by atoms with E-state index in [-0.39, 0.29) is 13.3 Å². The van der Waals surface area contributed by atoms with E-state index in [0.29, 0.717) is 17.0 Å². The number of carboxylic acid groups (broad SMARTS) is 1. The second-order valence-corrected chi connectivity index (χ2v) is 6.34. The van der Waals surface area contributed by atoms with E-state index in [2.05, 4.69) is 0 Å². The van der Waals surface area contributed by atoms with Gasteiger partial charge in [0, 0.05) is 11.0 Å². The summed E-state index contributed by atoms with van der Waals surface area (Å²) in [5.74, 6) is 1.04. The highest BCUT2D eigenvalue weighted by atomic mass is 16.7. The molecular formula is C14H18BNO6. The van der Waals surface area contributed by atoms with Crippen LogP contribution in [0.2, 0.25) is 0 Å². The van der Waals surface area contributed by atoms with E-state index in [0.717, 1.165) is 5.56 Å². The molecule has 0 fully saturated rings. The molecule has 1 atom stereocenters. The number of fused-ring (bicyclic) bond motifs is 3. The SMILES string of the molecule is CC(C)(C)N(CC1OB(O)c2c1ccc1c2OCO1)C(=O)O. The average Bonchev–Trinajstić information content (AvgIpc) is 2.98. The van der Waals surface area contributed by atoms with Crippen molar-refractivity contribution in [1.29, 1.82) is 0 Å². The molecule has 0 spiro atoms. The van der Waals surface area contributed by atoms with Crippen molar-refractivity contribution < 1.29 is 29.1 Å². The van der Waals surface area contributed by atoms with Crippen molar-refractivity contribution in [2.45, 2.75) is 32.4 Å². The van der Waals surface area contributed by atoms with Gasteiger partial charge in [-0.2, -0.15) is 0 Å². The van der Waals surface area contributed by atoms with Crippen LogP contribution in [0, 0.1) is 0 Å². The summed E-state index contributed by atoms with van der Waals surface area (Å²) in [7, 11) is -1.15. The van der Waals surface area contributed by atoms with Crippen molar-refractivity contribution in [3.8, 4) is 11.5 Å². The largest absolute Gasteiger partial charge is 0.496 e. The lowest BCUT2D eigenvalue weighted by molar-refractivity contribution is 0.0626. The maximum atomic E-state index is 11.5. The molecule has 3 rings (SSSR count). The van der Waals surface area contributed by atoms with Gasteiger partial charge in [0.1, 0.15) is 0 Å². The summed E-state index contributed by atoms with van der Waals surface area (Å²) >= 11 is 0. The van der Waals surface area contributed by atoms with Gasteiger partial charge in [-0.15, -0.1) is 0 Å². The lowest BCUT2D eigenvalue weighted by Crippen LogP contribution is -2.47. The summed E-state index contributed by atoms with van der Waals surface area (Å²) in [6.07, 6.45) is -1.57. The first-order valence-corrected chi connectivity index (χ1v) is 7.05. The molecular weight excluding hydrogens is 289 g/mol. The number of ether oxygens (including phenoxy) is 2. The van der Waals surface area contributed by atoms with Crippen molar-refractivity contribution in [2.24, 2.45) is 0 Å². The van der Waals surface area contributed by atoms with Crippen molar-refractivity contribution in [2.75, 3.05) is 13.3 Å². The summed E-state index contributed by atoms with van der Waals surface area (Å²) in [5.41, 5.74) is 0.686. The molecule has 1 aromatic carbocycles. The van der Waals surface area contributed by atoms with Crippen LogP contribution >= 0.6 is 0 Å². The van der Waals surface area contributed by atoms with Gasteiger partial charge in [0.15, 0.2) is 11.5 Å². The van der Waals surface area contributed by atoms with Crippen LogP contribution in [0.3, 0.4) is 0 Å². The van der Waals surface area contributed by atoms with Crippen LogP contribution in [0.15, 0.2) is 12.1 Å². The summed E-state index contributed by atoms with van der Waals surface area (Å²) in [4.78, 5) is 12.8. The Hall–Kier alpha value is -1.93. The number of rotatable bonds is 2. The van der Waals surface area contributed by atoms with E-state index < -0.39 is 24.9 Å². The molecule has 118 valence electrons. The first-order chi connectivity index (χ1) is 10.3. The molecule has 0 aliphatic carbocycles. The van der Waals surface area contributed by atoms with E-state index in [9.17, 15) is 14.9 Å². The maximum absolute atomic E-state index is 11.5. The van der Waals surface area contributed by atoms with Crippen molar-refractivity contribution >= 4 is 18.7 Å². The summed E-state index contributed by atoms with van der Waals surface area (Å²) in [6.45, 7) is 5.67. The molecule has 2 aliphatic rings. The van der Waals surface area contributed by atoms with Crippen LogP contribution in [0.4, 0.5) is 4.79 Å². The van der Waals surface area contributed by atoms with Crippen LogP contribution in [0.5, 0.6) is 11.5 Å². The minimum atomic E-state index is -1.15. The molecule has 0 saturated heterocycles. The van der Waals surface area contributed by atoms with Gasteiger partial charge in [-0.25, -0.2) is 4.79 Å². The van der Waals surface area contributed by atoms with Crippen molar-refractivity contribution in [1.82, 2.24) is 4.90 Å². The van der Waals surface area contributed by atoms with Gasteiger partial charge in [0.25, 0.3) is 0 Å². The van der Waals surface area contributed by atoms with E-state index in [1.54, 1.807) is 12.1 Å². The molecule has 1 aromatic rings. The first kappa shape index (κ1) is 15.0. The summed E-state index contributed by atoms with van der Waals surface area (Å²) < 4.78 is 16.2. The van der Waals surface area contributed by atoms with Crippen LogP contribution in [0.25, 0.3) is 0 Å². The van der Waals surface area contributed by atoms with Gasteiger partial charge in [-0.05, 0) is 32.4 Å². The highest BCUT2D eigenvalue weighted by Crippen LogP contribution is 2.37. The Morgan fingerprint density at radius 1 is 1.41 bits per heavy atom. The van der Waals surface area contributed by atoms with Gasteiger partial charge >= 0.3 is 13.2 Å². The van der Waals surface area contributed by atoms with E-state index in [4.69, 9.17) is 14.1 Å². The highest BCUT2D eigenvalue weighted by Gasteiger charge is 2.42. The van der Waals surface area contributed by atoms with E-state index >= 15 is 0 Å². The molecule has 0 saturated carbocycles. The Morgan fingerprint density at radius 2 is 2.14 bits per heavy atom.